The first kappa shape index (κ1) is 49.1. The number of benzene rings is 1. The number of carboxylic acids is 1. The van der Waals surface area contributed by atoms with Gasteiger partial charge in [0.25, 0.3) is 5.79 Å². The van der Waals surface area contributed by atoms with Crippen molar-refractivity contribution in [1.29, 1.82) is 0 Å². The van der Waals surface area contributed by atoms with Gasteiger partial charge < -0.3 is 75.6 Å². The first-order valence-corrected chi connectivity index (χ1v) is 19.1. The fourth-order valence-corrected chi connectivity index (χ4v) is 5.62. The molecule has 320 valence electrons. The van der Waals surface area contributed by atoms with E-state index in [-0.39, 0.29) is 32.0 Å². The number of halogens is 1. The first-order chi connectivity index (χ1) is 26.9. The molecular weight excluding hydrogens is 764 g/mol. The first-order valence-electron chi connectivity index (χ1n) is 18.7. The van der Waals surface area contributed by atoms with Crippen LogP contribution in [0.5, 0.6) is 0 Å². The lowest BCUT2D eigenvalue weighted by Crippen LogP contribution is -2.68. The number of aliphatic hydroxyl groups is 4. The zero-order valence-electron chi connectivity index (χ0n) is 31.6. The van der Waals surface area contributed by atoms with Crippen LogP contribution in [0.25, 0.3) is 0 Å². The lowest BCUT2D eigenvalue weighted by atomic mass is 9.88. The van der Waals surface area contributed by atoms with Crippen molar-refractivity contribution in [3.63, 3.8) is 0 Å². The minimum Gasteiger partial charge on any atom is -0.477 e. The number of hydrogen-bond acceptors (Lipinski definition) is 15. The number of amides is 3. The summed E-state index contributed by atoms with van der Waals surface area (Å²) in [6.07, 6.45) is -5.26. The van der Waals surface area contributed by atoms with E-state index in [1.807, 2.05) is 0 Å². The molecule has 1 saturated heterocycles. The molecule has 0 saturated carbocycles. The molecule has 1 aromatic carbocycles. The van der Waals surface area contributed by atoms with Gasteiger partial charge in [0.2, 0.25) is 17.7 Å². The van der Waals surface area contributed by atoms with E-state index in [1.54, 1.807) is 24.3 Å². The molecule has 6 atom stereocenters. The van der Waals surface area contributed by atoms with Crippen molar-refractivity contribution in [3.8, 4) is 0 Å². The summed E-state index contributed by atoms with van der Waals surface area (Å²) in [5.41, 5.74) is 5.97. The Morgan fingerprint density at radius 2 is 1.45 bits per heavy atom. The highest BCUT2D eigenvalue weighted by molar-refractivity contribution is 6.30. The molecule has 1 aliphatic rings. The highest BCUT2D eigenvalue weighted by atomic mass is 35.5. The van der Waals surface area contributed by atoms with Crippen LogP contribution in [0.2, 0.25) is 5.02 Å². The zero-order valence-corrected chi connectivity index (χ0v) is 32.4. The fourth-order valence-electron chi connectivity index (χ4n) is 5.50. The number of carbonyl (C=O) groups excluding carboxylic acids is 3. The third-order valence-electron chi connectivity index (χ3n) is 8.47. The number of unbranched alkanes of at least 4 members (excludes halogenated alkanes) is 3. The normalized spacial score (nSPS) is 20.6. The molecule has 1 aromatic rings. The van der Waals surface area contributed by atoms with E-state index < -0.39 is 73.6 Å². The van der Waals surface area contributed by atoms with Crippen molar-refractivity contribution in [2.24, 2.45) is 5.73 Å². The molecule has 20 heteroatoms. The Hall–Kier alpha value is -3.05. The van der Waals surface area contributed by atoms with E-state index in [1.165, 1.54) is 0 Å². The second kappa shape index (κ2) is 28.4. The molecule has 3 amide bonds. The molecular formula is C36H59ClN4O15. The molecule has 0 bridgehead atoms. The van der Waals surface area contributed by atoms with Crippen LogP contribution >= 0.6 is 11.6 Å². The Morgan fingerprint density at radius 3 is 2.05 bits per heavy atom. The Morgan fingerprint density at radius 1 is 0.839 bits per heavy atom. The van der Waals surface area contributed by atoms with E-state index in [0.29, 0.717) is 95.6 Å². The molecule has 1 heterocycles. The number of carbonyl (C=O) groups is 4. The Bertz CT molecular complexity index is 1280. The van der Waals surface area contributed by atoms with Crippen LogP contribution in [-0.2, 0) is 54.0 Å². The molecule has 56 heavy (non-hydrogen) atoms. The van der Waals surface area contributed by atoms with E-state index >= 15 is 0 Å². The topological polar surface area (TPSA) is 287 Å². The van der Waals surface area contributed by atoms with Gasteiger partial charge >= 0.3 is 5.97 Å². The number of ether oxygens (including phenoxy) is 6. The summed E-state index contributed by atoms with van der Waals surface area (Å²) in [7, 11) is 0. The van der Waals surface area contributed by atoms with Gasteiger partial charge in [0.05, 0.1) is 84.1 Å². The standard InChI is InChI=1S/C36H59ClN4O15/c37-26-7-5-25(6-8-26)21-30(46)40-23-28(44)33(48)34-32(41-31(47)24-42)27(43)22-36(56-34,35(49)50)55-12-4-2-1-3-11-39-29(45)9-13-51-15-17-53-19-20-54-18-16-52-14-10-38/h5-8,27-28,32-34,42-44,48H,1-4,9-24,38H2,(H,39,45)(H,40,46)(H,41,47)(H,49,50)/t27-,28+,32+,33+,34+,36+/m0/s1. The summed E-state index contributed by atoms with van der Waals surface area (Å²) in [4.78, 5) is 49.0. The van der Waals surface area contributed by atoms with Crippen molar-refractivity contribution in [3.05, 3.63) is 34.9 Å². The van der Waals surface area contributed by atoms with Crippen molar-refractivity contribution < 1.29 is 73.1 Å². The lowest BCUT2D eigenvalue weighted by Gasteiger charge is -2.46. The second-order valence-electron chi connectivity index (χ2n) is 12.9. The van der Waals surface area contributed by atoms with Gasteiger partial charge in [0, 0.05) is 37.5 Å². The van der Waals surface area contributed by atoms with E-state index in [0.717, 1.165) is 0 Å². The lowest BCUT2D eigenvalue weighted by molar-refractivity contribution is -0.310. The fraction of sp³-hybridized carbons (Fsp3) is 0.722. The van der Waals surface area contributed by atoms with Crippen LogP contribution in [0.15, 0.2) is 24.3 Å². The number of carboxylic acid groups (broad SMARTS) is 1. The summed E-state index contributed by atoms with van der Waals surface area (Å²) in [5.74, 6) is -5.68. The summed E-state index contributed by atoms with van der Waals surface area (Å²) in [6, 6.07) is 5.06. The summed E-state index contributed by atoms with van der Waals surface area (Å²) in [5, 5.41) is 60.2. The smallest absolute Gasteiger partial charge is 0.364 e. The Balaban J connectivity index is 1.72. The van der Waals surface area contributed by atoms with Crippen LogP contribution in [0, 0.1) is 0 Å². The number of nitrogens with one attached hydrogen (secondary N) is 3. The highest BCUT2D eigenvalue weighted by Gasteiger charge is 2.55. The van der Waals surface area contributed by atoms with Gasteiger partial charge in [-0.1, -0.05) is 36.6 Å². The van der Waals surface area contributed by atoms with E-state index in [9.17, 15) is 44.7 Å². The average Bonchev–Trinajstić information content (AvgIpc) is 3.18. The Labute approximate surface area is 331 Å². The van der Waals surface area contributed by atoms with E-state index in [4.69, 9.17) is 45.8 Å². The molecule has 2 rings (SSSR count). The Kier molecular flexibility index (Phi) is 24.9. The maximum atomic E-state index is 12.5. The predicted molar refractivity (Wildman–Crippen MR) is 199 cm³/mol. The van der Waals surface area contributed by atoms with Crippen LogP contribution in [-0.4, -0.2) is 171 Å². The van der Waals surface area contributed by atoms with Crippen molar-refractivity contribution in [2.75, 3.05) is 85.7 Å². The summed E-state index contributed by atoms with van der Waals surface area (Å²) < 4.78 is 32.7. The second-order valence-corrected chi connectivity index (χ2v) is 13.4. The molecule has 0 unspecified atom stereocenters. The monoisotopic (exact) mass is 822 g/mol. The van der Waals surface area contributed by atoms with Crippen LogP contribution in [0.4, 0.5) is 0 Å². The van der Waals surface area contributed by atoms with Crippen LogP contribution in [0.3, 0.4) is 0 Å². The van der Waals surface area contributed by atoms with Crippen molar-refractivity contribution in [1.82, 2.24) is 16.0 Å². The number of rotatable bonds is 31. The molecule has 0 aliphatic carbocycles. The van der Waals surface area contributed by atoms with Crippen LogP contribution in [0.1, 0.15) is 44.1 Å². The zero-order chi connectivity index (χ0) is 41.2. The number of nitrogens with two attached hydrogens (primary N) is 1. The van der Waals surface area contributed by atoms with Gasteiger partial charge in [-0.2, -0.15) is 0 Å². The highest BCUT2D eigenvalue weighted by Crippen LogP contribution is 2.34. The molecule has 1 fully saturated rings. The van der Waals surface area contributed by atoms with E-state index in [2.05, 4.69) is 16.0 Å². The minimum atomic E-state index is -2.46. The van der Waals surface area contributed by atoms with Gasteiger partial charge in [-0.3, -0.25) is 14.4 Å². The molecule has 0 radical (unpaired) electrons. The summed E-state index contributed by atoms with van der Waals surface area (Å²) in [6.45, 7) is 2.59. The predicted octanol–water partition coefficient (Wildman–Crippen LogP) is -1.76. The maximum Gasteiger partial charge on any atom is 0.364 e. The van der Waals surface area contributed by atoms with Gasteiger partial charge in [-0.15, -0.1) is 0 Å². The van der Waals surface area contributed by atoms with Crippen molar-refractivity contribution in [2.45, 2.75) is 81.2 Å². The third kappa shape index (κ3) is 19.4. The summed E-state index contributed by atoms with van der Waals surface area (Å²) >= 11 is 5.87. The molecule has 19 nitrogen and oxygen atoms in total. The average molecular weight is 823 g/mol. The minimum absolute atomic E-state index is 0.0585. The van der Waals surface area contributed by atoms with Crippen molar-refractivity contribution >= 4 is 35.3 Å². The maximum absolute atomic E-state index is 12.5. The largest absolute Gasteiger partial charge is 0.477 e. The van der Waals surface area contributed by atoms with Gasteiger partial charge in [-0.25, -0.2) is 4.79 Å². The quantitative estimate of drug-likeness (QED) is 0.0375. The van der Waals surface area contributed by atoms with Crippen LogP contribution < -0.4 is 21.7 Å². The van der Waals surface area contributed by atoms with Gasteiger partial charge in [0.15, 0.2) is 0 Å². The molecule has 1 aliphatic heterocycles. The molecule has 0 spiro atoms. The van der Waals surface area contributed by atoms with Gasteiger partial charge in [-0.05, 0) is 30.5 Å². The third-order valence-corrected chi connectivity index (χ3v) is 8.72. The van der Waals surface area contributed by atoms with Gasteiger partial charge in [0.1, 0.15) is 18.8 Å². The molecule has 10 N–H and O–H groups in total. The molecule has 0 aromatic heterocycles. The number of aliphatic carboxylic acids is 1. The number of aliphatic hydroxyl groups excluding tert-OH is 4. The SMILES string of the molecule is NCCOCCOCCOCCOCCC(=O)NCCCCCCO[C@]1(C(=O)O)C[C@H](O)[C@@H](NC(=O)CO)[C@H]([C@H](O)[C@H](O)CNC(=O)Cc2ccc(Cl)cc2)O1. The number of hydrogen-bond donors (Lipinski definition) is 9.